The number of aromatic nitrogens is 2. The molecule has 21 rings (SSSR count). The maximum atomic E-state index is 2.46. The lowest BCUT2D eigenvalue weighted by Crippen LogP contribution is -2.25. The SMILES string of the molecule is c1ccc(-c2ccc(N(c3ccc(-c4ccc(-n5c6ccccc6c6ccccc65)cc4)cc3)c3cc(-c4cccc5c4-c4ccccc4C54c5ccccc5-c5ccccc54)cc(N(c4ccc(-c5ccccc5)cc4)c4ccc(-c5ccc(-n6c7ccccc7c7ccccc76)cc5)cc4)c3)cc2)cc1. The molecule has 0 radical (unpaired) electrons. The molecule has 2 aliphatic carbocycles. The molecule has 4 nitrogen and oxygen atoms in total. The first-order valence-electron chi connectivity index (χ1n) is 37.0. The van der Waals surface area contributed by atoms with Gasteiger partial charge in [0.1, 0.15) is 0 Å². The summed E-state index contributed by atoms with van der Waals surface area (Å²) in [5, 5.41) is 5.01. The van der Waals surface area contributed by atoms with E-state index in [1.54, 1.807) is 0 Å². The van der Waals surface area contributed by atoms with Crippen molar-refractivity contribution in [1.82, 2.24) is 9.13 Å². The zero-order chi connectivity index (χ0) is 70.5. The molecule has 2 heterocycles. The molecule has 17 aromatic carbocycles. The third-order valence-corrected chi connectivity index (χ3v) is 22.5. The lowest BCUT2D eigenvalue weighted by atomic mass is 9.70. The van der Waals surface area contributed by atoms with E-state index in [-0.39, 0.29) is 0 Å². The highest BCUT2D eigenvalue weighted by Gasteiger charge is 2.52. The van der Waals surface area contributed by atoms with Crippen LogP contribution < -0.4 is 9.80 Å². The van der Waals surface area contributed by atoms with Gasteiger partial charge in [-0.2, -0.15) is 0 Å². The normalized spacial score (nSPS) is 12.4. The fourth-order valence-electron chi connectivity index (χ4n) is 17.8. The number of hydrogen-bond acceptors (Lipinski definition) is 2. The second kappa shape index (κ2) is 25.1. The van der Waals surface area contributed by atoms with Crippen molar-refractivity contribution >= 4 is 77.7 Å². The van der Waals surface area contributed by atoms with Crippen molar-refractivity contribution in [3.63, 3.8) is 0 Å². The molecule has 19 aromatic rings. The Morgan fingerprint density at radius 1 is 0.178 bits per heavy atom. The lowest BCUT2D eigenvalue weighted by molar-refractivity contribution is 0.794. The van der Waals surface area contributed by atoms with Gasteiger partial charge in [-0.05, 0) is 215 Å². The predicted octanol–water partition coefficient (Wildman–Crippen LogP) is 27.5. The van der Waals surface area contributed by atoms with E-state index in [0.717, 1.165) is 90.0 Å². The molecule has 1 spiro atoms. The molecule has 0 aliphatic heterocycles. The fourth-order valence-corrected chi connectivity index (χ4v) is 17.8. The highest BCUT2D eigenvalue weighted by atomic mass is 15.2. The standard InChI is InChI=1S/C103H68N4/c1-3-22-69(23-4-1)71-42-54-78(55-43-71)104(80-58-46-73(47-59-80)75-50-62-82(63-51-75)106-98-38-17-10-28-89(98)90-29-11-18-39-99(90)106)84-66-77(86-33-21-37-97-102(86)93-32-9-16-36-96(93)103(97)94-34-14-7-26-87(94)88-27-8-15-35-95(88)103)67-85(68-84)105(79-56-44-72(45-57-79)70-24-5-2-6-25-70)81-60-48-74(49-61-81)76-52-64-83(65-53-76)107-100-40-19-12-30-91(100)92-31-13-20-41-101(92)107/h1-68H. The number of para-hydroxylation sites is 4. The average molecular weight is 1360 g/mol. The molecule has 500 valence electrons. The van der Waals surface area contributed by atoms with Crippen molar-refractivity contribution in [3.8, 4) is 89.3 Å². The average Bonchev–Trinajstić information content (AvgIpc) is 1.50. The summed E-state index contributed by atoms with van der Waals surface area (Å²) >= 11 is 0. The van der Waals surface area contributed by atoms with Crippen molar-refractivity contribution in [2.45, 2.75) is 5.41 Å². The molecule has 0 bridgehead atoms. The molecule has 0 atom stereocenters. The maximum Gasteiger partial charge on any atom is 0.0725 e. The fraction of sp³-hybridized carbons (Fsp3) is 0.00971. The van der Waals surface area contributed by atoms with E-state index in [1.165, 1.54) is 99.2 Å². The van der Waals surface area contributed by atoms with E-state index < -0.39 is 5.41 Å². The van der Waals surface area contributed by atoms with Crippen LogP contribution in [0.2, 0.25) is 0 Å². The van der Waals surface area contributed by atoms with Crippen molar-refractivity contribution in [3.05, 3.63) is 435 Å². The van der Waals surface area contributed by atoms with Crippen LogP contribution in [-0.2, 0) is 5.41 Å². The van der Waals surface area contributed by atoms with E-state index in [2.05, 4.69) is 431 Å². The van der Waals surface area contributed by atoms with Crippen LogP contribution >= 0.6 is 0 Å². The minimum absolute atomic E-state index is 0.533. The molecular weight excluding hydrogens is 1290 g/mol. The Morgan fingerprint density at radius 3 is 0.813 bits per heavy atom. The predicted molar refractivity (Wildman–Crippen MR) is 448 cm³/mol. The first kappa shape index (κ1) is 61.6. The Morgan fingerprint density at radius 2 is 0.449 bits per heavy atom. The van der Waals surface area contributed by atoms with Crippen molar-refractivity contribution in [1.29, 1.82) is 0 Å². The van der Waals surface area contributed by atoms with Gasteiger partial charge in [0.05, 0.1) is 27.5 Å². The van der Waals surface area contributed by atoms with Gasteiger partial charge in [-0.1, -0.05) is 297 Å². The highest BCUT2D eigenvalue weighted by Crippen LogP contribution is 2.64. The lowest BCUT2D eigenvalue weighted by Gasteiger charge is -2.31. The van der Waals surface area contributed by atoms with Crippen LogP contribution in [0.25, 0.3) is 133 Å². The first-order valence-corrected chi connectivity index (χ1v) is 37.0. The van der Waals surface area contributed by atoms with Gasteiger partial charge in [0, 0.05) is 67.0 Å². The van der Waals surface area contributed by atoms with Crippen LogP contribution in [0, 0.1) is 0 Å². The molecule has 0 amide bonds. The summed E-state index contributed by atoms with van der Waals surface area (Å²) in [5.41, 5.74) is 34.4. The number of rotatable bonds is 13. The van der Waals surface area contributed by atoms with Gasteiger partial charge in [-0.25, -0.2) is 0 Å². The Hall–Kier alpha value is -14.1. The Bertz CT molecular complexity index is 6170. The third kappa shape index (κ3) is 9.98. The van der Waals surface area contributed by atoms with Crippen molar-refractivity contribution < 1.29 is 0 Å². The van der Waals surface area contributed by atoms with Crippen molar-refractivity contribution in [2.24, 2.45) is 0 Å². The molecule has 0 N–H and O–H groups in total. The summed E-state index contributed by atoms with van der Waals surface area (Å²) in [7, 11) is 0. The molecule has 2 aromatic heterocycles. The van der Waals surface area contributed by atoms with Crippen LogP contribution in [0.1, 0.15) is 22.3 Å². The summed E-state index contributed by atoms with van der Waals surface area (Å²) in [6, 6.07) is 153. The molecule has 2 aliphatic rings. The minimum atomic E-state index is -0.533. The van der Waals surface area contributed by atoms with E-state index in [0.29, 0.717) is 0 Å². The molecular formula is C103H68N4. The quantitative estimate of drug-likeness (QED) is 0.114. The van der Waals surface area contributed by atoms with Gasteiger partial charge in [0.25, 0.3) is 0 Å². The van der Waals surface area contributed by atoms with Gasteiger partial charge in [-0.3, -0.25) is 0 Å². The Balaban J connectivity index is 0.753. The van der Waals surface area contributed by atoms with Gasteiger partial charge in [-0.15, -0.1) is 0 Å². The summed E-state index contributed by atoms with van der Waals surface area (Å²) in [6.45, 7) is 0. The number of anilines is 6. The molecule has 0 saturated carbocycles. The van der Waals surface area contributed by atoms with E-state index in [1.807, 2.05) is 0 Å². The van der Waals surface area contributed by atoms with Crippen molar-refractivity contribution in [2.75, 3.05) is 9.80 Å². The smallest absolute Gasteiger partial charge is 0.0725 e. The highest BCUT2D eigenvalue weighted by molar-refractivity contribution is 6.11. The van der Waals surface area contributed by atoms with Gasteiger partial charge in [0.15, 0.2) is 0 Å². The first-order chi connectivity index (χ1) is 53.1. The largest absolute Gasteiger partial charge is 0.310 e. The maximum absolute atomic E-state index is 2.46. The number of benzene rings is 17. The Kier molecular flexibility index (Phi) is 14.5. The summed E-state index contributed by atoms with van der Waals surface area (Å²) in [4.78, 5) is 4.92. The second-order valence-electron chi connectivity index (χ2n) is 28.3. The Labute approximate surface area is 622 Å². The zero-order valence-corrected chi connectivity index (χ0v) is 58.5. The summed E-state index contributed by atoms with van der Waals surface area (Å²) in [5.74, 6) is 0. The number of nitrogens with zero attached hydrogens (tertiary/aromatic N) is 4. The van der Waals surface area contributed by atoms with E-state index in [4.69, 9.17) is 0 Å². The monoisotopic (exact) mass is 1360 g/mol. The number of hydrogen-bond donors (Lipinski definition) is 0. The second-order valence-corrected chi connectivity index (χ2v) is 28.3. The summed E-state index contributed by atoms with van der Waals surface area (Å²) in [6.07, 6.45) is 0. The topological polar surface area (TPSA) is 16.3 Å². The zero-order valence-electron chi connectivity index (χ0n) is 58.5. The van der Waals surface area contributed by atoms with E-state index in [9.17, 15) is 0 Å². The third-order valence-electron chi connectivity index (χ3n) is 22.5. The van der Waals surface area contributed by atoms with Gasteiger partial charge in [0.2, 0.25) is 0 Å². The van der Waals surface area contributed by atoms with Crippen LogP contribution in [0.15, 0.2) is 413 Å². The molecule has 0 saturated heterocycles. The molecule has 0 unspecified atom stereocenters. The molecule has 4 heteroatoms. The van der Waals surface area contributed by atoms with Crippen LogP contribution in [0.5, 0.6) is 0 Å². The van der Waals surface area contributed by atoms with Crippen LogP contribution in [0.3, 0.4) is 0 Å². The van der Waals surface area contributed by atoms with Gasteiger partial charge >= 0.3 is 0 Å². The van der Waals surface area contributed by atoms with Gasteiger partial charge < -0.3 is 18.9 Å². The molecule has 0 fully saturated rings. The number of fused-ring (bicyclic) bond motifs is 16. The minimum Gasteiger partial charge on any atom is -0.310 e. The van der Waals surface area contributed by atoms with E-state index >= 15 is 0 Å². The molecule has 107 heavy (non-hydrogen) atoms. The summed E-state index contributed by atoms with van der Waals surface area (Å²) < 4.78 is 4.77. The van der Waals surface area contributed by atoms with Crippen LogP contribution in [0.4, 0.5) is 34.1 Å². The van der Waals surface area contributed by atoms with Crippen LogP contribution in [-0.4, -0.2) is 9.13 Å².